The van der Waals surface area contributed by atoms with Crippen LogP contribution in [0.1, 0.15) is 31.8 Å². The van der Waals surface area contributed by atoms with E-state index in [9.17, 15) is 24.5 Å². The maximum absolute atomic E-state index is 12.7. The summed E-state index contributed by atoms with van der Waals surface area (Å²) in [5, 5.41) is 17.5. The lowest BCUT2D eigenvalue weighted by Gasteiger charge is -2.08. The van der Waals surface area contributed by atoms with Gasteiger partial charge in [-0.15, -0.1) is 0 Å². The molecular weight excluding hydrogens is 556 g/mol. The zero-order valence-corrected chi connectivity index (χ0v) is 22.3. The topological polar surface area (TPSA) is 158 Å². The number of benzene rings is 4. The molecule has 2 amide bonds. The lowest BCUT2D eigenvalue weighted by molar-refractivity contribution is -0.384. The SMILES string of the molecule is O=C(/C=C/c1ccc([N+](=O)[O-])cc1)Oc1ccccc1C=NNC(=O)c1cccc(NC(=O)c2ccc3c(c2)OCO3)c1. The highest BCUT2D eigenvalue weighted by Crippen LogP contribution is 2.32. The normalized spacial score (nSPS) is 11.8. The second-order valence-electron chi connectivity index (χ2n) is 8.94. The molecule has 1 heterocycles. The van der Waals surface area contributed by atoms with E-state index < -0.39 is 16.8 Å². The number of nitro benzene ring substituents is 1. The predicted octanol–water partition coefficient (Wildman–Crippen LogP) is 4.96. The van der Waals surface area contributed by atoms with E-state index >= 15 is 0 Å². The Morgan fingerprint density at radius 3 is 2.44 bits per heavy atom. The number of carbonyl (C=O) groups excluding carboxylic acids is 3. The fraction of sp³-hybridized carbons (Fsp3) is 0.0323. The highest BCUT2D eigenvalue weighted by Gasteiger charge is 2.17. The molecule has 0 spiro atoms. The van der Waals surface area contributed by atoms with Gasteiger partial charge in [0.1, 0.15) is 5.75 Å². The van der Waals surface area contributed by atoms with Crippen LogP contribution in [0.15, 0.2) is 102 Å². The second-order valence-corrected chi connectivity index (χ2v) is 8.94. The number of hydrogen-bond donors (Lipinski definition) is 2. The molecule has 214 valence electrons. The Kier molecular flexibility index (Phi) is 8.48. The van der Waals surface area contributed by atoms with Crippen molar-refractivity contribution in [3.63, 3.8) is 0 Å². The van der Waals surface area contributed by atoms with Gasteiger partial charge in [-0.1, -0.05) is 18.2 Å². The maximum Gasteiger partial charge on any atom is 0.336 e. The molecule has 0 atom stereocenters. The van der Waals surface area contributed by atoms with Gasteiger partial charge in [0.05, 0.1) is 11.1 Å². The number of esters is 1. The van der Waals surface area contributed by atoms with Gasteiger partial charge in [0, 0.05) is 40.6 Å². The summed E-state index contributed by atoms with van der Waals surface area (Å²) in [5.74, 6) is -0.352. The molecule has 12 nitrogen and oxygen atoms in total. The zero-order valence-electron chi connectivity index (χ0n) is 22.3. The summed E-state index contributed by atoms with van der Waals surface area (Å²) in [6.07, 6.45) is 3.98. The van der Waals surface area contributed by atoms with Gasteiger partial charge in [0.15, 0.2) is 11.5 Å². The molecule has 0 aliphatic carbocycles. The number of hydrogen-bond acceptors (Lipinski definition) is 9. The molecule has 0 saturated carbocycles. The van der Waals surface area contributed by atoms with Crippen molar-refractivity contribution in [2.75, 3.05) is 12.1 Å². The number of nitro groups is 1. The van der Waals surface area contributed by atoms with Crippen molar-refractivity contribution in [2.24, 2.45) is 5.10 Å². The summed E-state index contributed by atoms with van der Waals surface area (Å²) in [6, 6.07) is 23.4. The average Bonchev–Trinajstić information content (AvgIpc) is 3.49. The van der Waals surface area contributed by atoms with Gasteiger partial charge < -0.3 is 19.5 Å². The van der Waals surface area contributed by atoms with Gasteiger partial charge in [0.2, 0.25) is 6.79 Å². The van der Waals surface area contributed by atoms with Crippen LogP contribution in [0.3, 0.4) is 0 Å². The van der Waals surface area contributed by atoms with E-state index in [-0.39, 0.29) is 29.7 Å². The Balaban J connectivity index is 1.18. The molecule has 2 N–H and O–H groups in total. The third-order valence-corrected chi connectivity index (χ3v) is 6.03. The van der Waals surface area contributed by atoms with Crippen molar-refractivity contribution < 1.29 is 33.5 Å². The number of nitrogens with zero attached hydrogens (tertiary/aromatic N) is 2. The largest absolute Gasteiger partial charge is 0.454 e. The van der Waals surface area contributed by atoms with Crippen LogP contribution in [0, 0.1) is 10.1 Å². The number of nitrogens with one attached hydrogen (secondary N) is 2. The number of carbonyl (C=O) groups is 3. The van der Waals surface area contributed by atoms with Crippen molar-refractivity contribution >= 4 is 41.4 Å². The molecule has 4 aromatic rings. The third-order valence-electron chi connectivity index (χ3n) is 6.03. The molecule has 0 saturated heterocycles. The lowest BCUT2D eigenvalue weighted by atomic mass is 10.1. The molecule has 4 aromatic carbocycles. The number of hydrazone groups is 1. The Labute approximate surface area is 244 Å². The van der Waals surface area contributed by atoms with E-state index in [2.05, 4.69) is 15.8 Å². The fourth-order valence-electron chi connectivity index (χ4n) is 3.90. The van der Waals surface area contributed by atoms with Gasteiger partial charge in [-0.2, -0.15) is 5.10 Å². The fourth-order valence-corrected chi connectivity index (χ4v) is 3.90. The van der Waals surface area contributed by atoms with Crippen molar-refractivity contribution in [3.05, 3.63) is 129 Å². The summed E-state index contributed by atoms with van der Waals surface area (Å²) < 4.78 is 16.0. The number of amides is 2. The number of fused-ring (bicyclic) bond motifs is 1. The Morgan fingerprint density at radius 1 is 0.860 bits per heavy atom. The van der Waals surface area contributed by atoms with E-state index in [0.29, 0.717) is 33.9 Å². The standard InChI is InChI=1S/C31H22N4O8/c36-29(15-10-20-8-12-25(13-9-20)35(39)40)43-26-7-2-1-4-23(26)18-32-34-31(38)21-5-3-6-24(16-21)33-30(37)22-11-14-27-28(17-22)42-19-41-27/h1-18H,19H2,(H,33,37)(H,34,38)/b15-10+,32-18?. The van der Waals surface area contributed by atoms with E-state index in [1.807, 2.05) is 0 Å². The number of ether oxygens (including phenoxy) is 3. The summed E-state index contributed by atoms with van der Waals surface area (Å²) in [6.45, 7) is 0.0975. The maximum atomic E-state index is 12.7. The summed E-state index contributed by atoms with van der Waals surface area (Å²) >= 11 is 0. The van der Waals surface area contributed by atoms with Gasteiger partial charge in [0.25, 0.3) is 17.5 Å². The summed E-state index contributed by atoms with van der Waals surface area (Å²) in [7, 11) is 0. The second kappa shape index (κ2) is 12.9. The number of non-ortho nitro benzene ring substituents is 1. The minimum atomic E-state index is -0.678. The Morgan fingerprint density at radius 2 is 1.63 bits per heavy atom. The molecule has 0 bridgehead atoms. The molecule has 12 heteroatoms. The lowest BCUT2D eigenvalue weighted by Crippen LogP contribution is -2.18. The first-order chi connectivity index (χ1) is 20.9. The third kappa shape index (κ3) is 7.27. The van der Waals surface area contributed by atoms with Gasteiger partial charge in [-0.05, 0) is 72.3 Å². The first-order valence-electron chi connectivity index (χ1n) is 12.7. The molecule has 1 aliphatic rings. The van der Waals surface area contributed by atoms with E-state index in [1.165, 1.54) is 48.7 Å². The highest BCUT2D eigenvalue weighted by molar-refractivity contribution is 6.05. The minimum absolute atomic E-state index is 0.0582. The average molecular weight is 579 g/mol. The van der Waals surface area contributed by atoms with Gasteiger partial charge in [-0.25, -0.2) is 10.2 Å². The molecule has 1 aliphatic heterocycles. The Bertz CT molecular complexity index is 1770. The molecule has 43 heavy (non-hydrogen) atoms. The zero-order chi connectivity index (χ0) is 30.2. The van der Waals surface area contributed by atoms with Crippen molar-refractivity contribution in [2.45, 2.75) is 0 Å². The summed E-state index contributed by atoms with van der Waals surface area (Å²) in [4.78, 5) is 48.0. The predicted molar refractivity (Wildman–Crippen MR) is 156 cm³/mol. The van der Waals surface area contributed by atoms with E-state index in [1.54, 1.807) is 60.7 Å². The van der Waals surface area contributed by atoms with Crippen molar-refractivity contribution in [1.82, 2.24) is 5.43 Å². The quantitative estimate of drug-likeness (QED) is 0.0704. The van der Waals surface area contributed by atoms with Crippen LogP contribution < -0.4 is 25.0 Å². The first kappa shape index (κ1) is 28.2. The van der Waals surface area contributed by atoms with Crippen LogP contribution in [0.5, 0.6) is 17.2 Å². The molecule has 5 rings (SSSR count). The van der Waals surface area contributed by atoms with Crippen LogP contribution in [0.2, 0.25) is 0 Å². The number of para-hydroxylation sites is 1. The van der Waals surface area contributed by atoms with Gasteiger partial charge >= 0.3 is 5.97 Å². The number of anilines is 1. The van der Waals surface area contributed by atoms with Crippen LogP contribution in [0.4, 0.5) is 11.4 Å². The van der Waals surface area contributed by atoms with E-state index in [0.717, 1.165) is 0 Å². The smallest absolute Gasteiger partial charge is 0.336 e. The molecule has 0 fully saturated rings. The Hall–Kier alpha value is -6.30. The molecule has 0 unspecified atom stereocenters. The molecular formula is C31H22N4O8. The van der Waals surface area contributed by atoms with Gasteiger partial charge in [-0.3, -0.25) is 19.7 Å². The van der Waals surface area contributed by atoms with Crippen molar-refractivity contribution in [3.8, 4) is 17.2 Å². The first-order valence-corrected chi connectivity index (χ1v) is 12.7. The van der Waals surface area contributed by atoms with Crippen LogP contribution >= 0.6 is 0 Å². The summed E-state index contributed by atoms with van der Waals surface area (Å²) in [5.41, 5.74) is 4.37. The minimum Gasteiger partial charge on any atom is -0.454 e. The van der Waals surface area contributed by atoms with E-state index in [4.69, 9.17) is 14.2 Å². The molecule has 0 aromatic heterocycles. The monoisotopic (exact) mass is 578 g/mol. The van der Waals surface area contributed by atoms with Crippen LogP contribution in [-0.2, 0) is 4.79 Å². The van der Waals surface area contributed by atoms with Crippen LogP contribution in [-0.4, -0.2) is 35.7 Å². The number of rotatable bonds is 9. The molecule has 0 radical (unpaired) electrons. The van der Waals surface area contributed by atoms with Crippen molar-refractivity contribution in [1.29, 1.82) is 0 Å². The van der Waals surface area contributed by atoms with Crippen LogP contribution in [0.25, 0.3) is 6.08 Å². The highest BCUT2D eigenvalue weighted by atomic mass is 16.7.